The average Bonchev–Trinajstić information content (AvgIpc) is 2.51. The third-order valence-electron chi connectivity index (χ3n) is 3.11. The van der Waals surface area contributed by atoms with E-state index in [1.54, 1.807) is 6.20 Å². The molecule has 2 aromatic rings. The number of nitrogens with zero attached hydrogens (tertiary/aromatic N) is 3. The van der Waals surface area contributed by atoms with Crippen molar-refractivity contribution in [1.82, 2.24) is 9.78 Å². The van der Waals surface area contributed by atoms with Crippen LogP contribution in [-0.4, -0.2) is 26.5 Å². The minimum absolute atomic E-state index is 0.130. The predicted octanol–water partition coefficient (Wildman–Crippen LogP) is 3.62. The molecule has 2 rings (SSSR count). The van der Waals surface area contributed by atoms with E-state index in [9.17, 15) is 10.0 Å². The number of benzene rings is 1. The highest BCUT2D eigenvalue weighted by Gasteiger charge is 2.19. The summed E-state index contributed by atoms with van der Waals surface area (Å²) < 4.78 is 1.36. The zero-order chi connectivity index (χ0) is 17.0. The fourth-order valence-electron chi connectivity index (χ4n) is 1.94. The summed E-state index contributed by atoms with van der Waals surface area (Å²) in [6, 6.07) is 9.33. The monoisotopic (exact) mass is 351 g/mol. The Labute approximate surface area is 144 Å². The van der Waals surface area contributed by atoms with Gasteiger partial charge in [0.2, 0.25) is 0 Å². The second-order valence-electron chi connectivity index (χ2n) is 5.91. The highest BCUT2D eigenvalue weighted by Crippen LogP contribution is 2.25. The van der Waals surface area contributed by atoms with Crippen molar-refractivity contribution < 1.29 is 5.21 Å². The van der Waals surface area contributed by atoms with Crippen LogP contribution in [0.2, 0.25) is 5.02 Å². The van der Waals surface area contributed by atoms with Crippen LogP contribution in [0.15, 0.2) is 51.4 Å². The van der Waals surface area contributed by atoms with E-state index in [1.807, 2.05) is 51.1 Å². The number of thioether (sulfide) groups is 1. The molecule has 0 saturated heterocycles. The Morgan fingerprint density at radius 2 is 2.00 bits per heavy atom. The maximum Gasteiger partial charge on any atom is 0.287 e. The predicted molar refractivity (Wildman–Crippen MR) is 94.0 cm³/mol. The third-order valence-corrected chi connectivity index (χ3v) is 4.63. The van der Waals surface area contributed by atoms with Gasteiger partial charge < -0.3 is 5.21 Å². The van der Waals surface area contributed by atoms with Crippen molar-refractivity contribution in [1.29, 1.82) is 0 Å². The quantitative estimate of drug-likeness (QED) is 0.395. The van der Waals surface area contributed by atoms with Crippen molar-refractivity contribution in [3.05, 3.63) is 57.5 Å². The van der Waals surface area contributed by atoms with Crippen molar-refractivity contribution in [2.24, 2.45) is 5.16 Å². The molecule has 7 heteroatoms. The first-order valence-corrected chi connectivity index (χ1v) is 8.38. The number of hydrogen-bond acceptors (Lipinski definition) is 5. The molecule has 23 heavy (non-hydrogen) atoms. The summed E-state index contributed by atoms with van der Waals surface area (Å²) in [5, 5.41) is 16.8. The molecule has 0 amide bonds. The number of halogens is 1. The summed E-state index contributed by atoms with van der Waals surface area (Å²) in [5.41, 5.74) is 0.554. The molecule has 122 valence electrons. The summed E-state index contributed by atoms with van der Waals surface area (Å²) in [7, 11) is 0. The van der Waals surface area contributed by atoms with Gasteiger partial charge in [0, 0.05) is 11.3 Å². The van der Waals surface area contributed by atoms with Crippen LogP contribution in [-0.2, 0) is 5.54 Å². The van der Waals surface area contributed by atoms with Crippen molar-refractivity contribution in [3.63, 3.8) is 0 Å². The van der Waals surface area contributed by atoms with E-state index < -0.39 is 5.54 Å². The summed E-state index contributed by atoms with van der Waals surface area (Å²) in [6.45, 7) is 5.66. The van der Waals surface area contributed by atoms with Gasteiger partial charge in [0.05, 0.1) is 22.3 Å². The molecule has 0 spiro atoms. The third kappa shape index (κ3) is 4.14. The molecule has 0 atom stereocenters. The molecular formula is C16H18ClN3O2S. The molecule has 0 radical (unpaired) electrons. The Morgan fingerprint density at radius 1 is 1.35 bits per heavy atom. The van der Waals surface area contributed by atoms with Crippen molar-refractivity contribution in [2.75, 3.05) is 5.75 Å². The van der Waals surface area contributed by atoms with E-state index in [0.717, 1.165) is 5.56 Å². The number of oxime groups is 1. The first-order chi connectivity index (χ1) is 10.8. The van der Waals surface area contributed by atoms with Gasteiger partial charge in [0.25, 0.3) is 5.56 Å². The van der Waals surface area contributed by atoms with Crippen LogP contribution in [0.1, 0.15) is 26.3 Å². The van der Waals surface area contributed by atoms with E-state index >= 15 is 0 Å². The lowest BCUT2D eigenvalue weighted by atomic mass is 10.1. The average molecular weight is 352 g/mol. The number of hydrogen-bond donors (Lipinski definition) is 1. The number of aromatic nitrogens is 2. The van der Waals surface area contributed by atoms with E-state index in [0.29, 0.717) is 16.4 Å². The van der Waals surface area contributed by atoms with Crippen molar-refractivity contribution in [3.8, 4) is 0 Å². The molecule has 1 N–H and O–H groups in total. The van der Waals surface area contributed by atoms with Crippen LogP contribution >= 0.6 is 23.4 Å². The van der Waals surface area contributed by atoms with E-state index in [1.165, 1.54) is 16.4 Å². The molecule has 0 aliphatic carbocycles. The molecule has 1 heterocycles. The van der Waals surface area contributed by atoms with Crippen LogP contribution in [0, 0.1) is 0 Å². The molecule has 0 saturated carbocycles. The minimum atomic E-state index is -0.439. The van der Waals surface area contributed by atoms with Gasteiger partial charge in [0.1, 0.15) is 5.02 Å². The summed E-state index contributed by atoms with van der Waals surface area (Å²) in [6.07, 6.45) is 1.57. The lowest BCUT2D eigenvalue weighted by molar-refractivity contribution is 0.319. The van der Waals surface area contributed by atoms with E-state index in [-0.39, 0.29) is 10.6 Å². The zero-order valence-corrected chi connectivity index (χ0v) is 14.7. The Balaban J connectivity index is 2.22. The van der Waals surface area contributed by atoms with E-state index in [4.69, 9.17) is 11.6 Å². The number of rotatable bonds is 4. The molecule has 0 aliphatic rings. The normalized spacial score (nSPS) is 12.4. The molecular weight excluding hydrogens is 334 g/mol. The second kappa shape index (κ2) is 7.19. The topological polar surface area (TPSA) is 67.5 Å². The molecule has 0 aliphatic heterocycles. The van der Waals surface area contributed by atoms with Gasteiger partial charge in [0.15, 0.2) is 0 Å². The SMILES string of the molecule is CC(C)(C)n1ncc(SC/C(=N\O)c2ccccc2)c(Cl)c1=O. The van der Waals surface area contributed by atoms with Gasteiger partial charge in [-0.3, -0.25) is 4.79 Å². The highest BCUT2D eigenvalue weighted by molar-refractivity contribution is 8.00. The highest BCUT2D eigenvalue weighted by atomic mass is 35.5. The fourth-order valence-corrected chi connectivity index (χ4v) is 3.09. The molecule has 1 aromatic carbocycles. The first-order valence-electron chi connectivity index (χ1n) is 7.02. The summed E-state index contributed by atoms with van der Waals surface area (Å²) >= 11 is 7.49. The van der Waals surface area contributed by atoms with Crippen molar-refractivity contribution >= 4 is 29.1 Å². The molecule has 0 bridgehead atoms. The molecule has 5 nitrogen and oxygen atoms in total. The smallest absolute Gasteiger partial charge is 0.287 e. The lowest BCUT2D eigenvalue weighted by Crippen LogP contribution is -2.36. The molecule has 1 aromatic heterocycles. The fraction of sp³-hybridized carbons (Fsp3) is 0.312. The van der Waals surface area contributed by atoms with Crippen LogP contribution in [0.25, 0.3) is 0 Å². The summed E-state index contributed by atoms with van der Waals surface area (Å²) in [5.74, 6) is 0.376. The molecule has 0 fully saturated rings. The van der Waals surface area contributed by atoms with Gasteiger partial charge >= 0.3 is 0 Å². The van der Waals surface area contributed by atoms with Gasteiger partial charge in [-0.05, 0) is 20.8 Å². The van der Waals surface area contributed by atoms with Crippen LogP contribution < -0.4 is 5.56 Å². The Bertz CT molecular complexity index is 767. The van der Waals surface area contributed by atoms with Gasteiger partial charge in [-0.15, -0.1) is 11.8 Å². The van der Waals surface area contributed by atoms with Gasteiger partial charge in [-0.2, -0.15) is 5.10 Å². The standard InChI is InChI=1S/C16H18ClN3O2S/c1-16(2,3)20-15(21)14(17)13(9-18-20)23-10-12(19-22)11-7-5-4-6-8-11/h4-9,22H,10H2,1-3H3/b19-12+. The largest absolute Gasteiger partial charge is 0.411 e. The maximum absolute atomic E-state index is 12.3. The van der Waals surface area contributed by atoms with Gasteiger partial charge in [-0.25, -0.2) is 4.68 Å². The maximum atomic E-state index is 12.3. The lowest BCUT2D eigenvalue weighted by Gasteiger charge is -2.21. The Kier molecular flexibility index (Phi) is 5.49. The van der Waals surface area contributed by atoms with Gasteiger partial charge in [-0.1, -0.05) is 47.1 Å². The van der Waals surface area contributed by atoms with Crippen molar-refractivity contribution in [2.45, 2.75) is 31.2 Å². The van der Waals surface area contributed by atoms with Crippen LogP contribution in [0.4, 0.5) is 0 Å². The van der Waals surface area contributed by atoms with Crippen LogP contribution in [0.3, 0.4) is 0 Å². The molecule has 0 unspecified atom stereocenters. The Morgan fingerprint density at radius 3 is 2.57 bits per heavy atom. The second-order valence-corrected chi connectivity index (χ2v) is 7.31. The zero-order valence-electron chi connectivity index (χ0n) is 13.2. The minimum Gasteiger partial charge on any atom is -0.411 e. The van der Waals surface area contributed by atoms with E-state index in [2.05, 4.69) is 10.3 Å². The van der Waals surface area contributed by atoms with Crippen LogP contribution in [0.5, 0.6) is 0 Å². The summed E-state index contributed by atoms with van der Waals surface area (Å²) in [4.78, 5) is 12.9. The Hall–Kier alpha value is -1.79. The first kappa shape index (κ1) is 17.6.